The number of rotatable bonds is 1. The van der Waals surface area contributed by atoms with Crippen LogP contribution in [-0.4, -0.2) is 11.1 Å². The van der Waals surface area contributed by atoms with Crippen molar-refractivity contribution in [1.82, 2.24) is 0 Å². The first-order chi connectivity index (χ1) is 5.63. The van der Waals surface area contributed by atoms with Gasteiger partial charge in [0, 0.05) is 5.69 Å². The maximum Gasteiger partial charge on any atom is 0.334 e. The van der Waals surface area contributed by atoms with E-state index in [1.807, 2.05) is 0 Å². The third-order valence-corrected chi connectivity index (χ3v) is 1.32. The molecule has 0 amide bonds. The molecule has 0 saturated heterocycles. The summed E-state index contributed by atoms with van der Waals surface area (Å²) < 4.78 is 0. The number of carboxylic acids is 1. The molecule has 0 heterocycles. The average molecular weight is 162 g/mol. The molecule has 4 heteroatoms. The highest BCUT2D eigenvalue weighted by molar-refractivity contribution is 5.90. The third-order valence-electron chi connectivity index (χ3n) is 1.32. The van der Waals surface area contributed by atoms with E-state index in [0.29, 0.717) is 5.69 Å². The van der Waals surface area contributed by atoms with Gasteiger partial charge < -0.3 is 10.8 Å². The summed E-state index contributed by atoms with van der Waals surface area (Å²) >= 11 is 0. The van der Waals surface area contributed by atoms with Crippen molar-refractivity contribution in [3.05, 3.63) is 35.2 Å². The predicted octanol–water partition coefficient (Wildman–Crippen LogP) is 1.52. The van der Waals surface area contributed by atoms with Gasteiger partial charge in [-0.15, -0.1) is 0 Å². The highest BCUT2D eigenvalue weighted by atomic mass is 16.4. The molecule has 1 aromatic carbocycles. The molecular formula is C8H6N2O2. The lowest BCUT2D eigenvalue weighted by Gasteiger charge is -1.97. The number of carboxylic acid groups (broad SMARTS) is 1. The molecule has 1 rings (SSSR count). The van der Waals surface area contributed by atoms with E-state index in [9.17, 15) is 4.79 Å². The number of hydrogen-bond donors (Lipinski definition) is 2. The van der Waals surface area contributed by atoms with E-state index < -0.39 is 5.97 Å². The van der Waals surface area contributed by atoms with Crippen molar-refractivity contribution < 1.29 is 9.90 Å². The Bertz CT molecular complexity index is 366. The van der Waals surface area contributed by atoms with Crippen molar-refractivity contribution in [2.24, 2.45) is 0 Å². The highest BCUT2D eigenvalue weighted by Gasteiger charge is 2.04. The van der Waals surface area contributed by atoms with Gasteiger partial charge in [0.05, 0.1) is 12.1 Å². The van der Waals surface area contributed by atoms with Crippen LogP contribution in [0, 0.1) is 6.57 Å². The van der Waals surface area contributed by atoms with Crippen LogP contribution in [-0.2, 0) is 0 Å². The molecule has 3 N–H and O–H groups in total. The number of hydrogen-bond acceptors (Lipinski definition) is 2. The molecule has 0 radical (unpaired) electrons. The molecule has 0 bridgehead atoms. The van der Waals surface area contributed by atoms with E-state index in [0.717, 1.165) is 0 Å². The molecule has 0 unspecified atom stereocenters. The third kappa shape index (κ3) is 1.52. The van der Waals surface area contributed by atoms with Gasteiger partial charge in [0.25, 0.3) is 0 Å². The highest BCUT2D eigenvalue weighted by Crippen LogP contribution is 2.18. The van der Waals surface area contributed by atoms with E-state index in [1.165, 1.54) is 18.2 Å². The Morgan fingerprint density at radius 2 is 2.17 bits per heavy atom. The lowest BCUT2D eigenvalue weighted by molar-refractivity contribution is 0.0697. The van der Waals surface area contributed by atoms with Gasteiger partial charge in [-0.25, -0.2) is 9.64 Å². The zero-order valence-corrected chi connectivity index (χ0v) is 6.11. The van der Waals surface area contributed by atoms with Crippen LogP contribution in [0.1, 0.15) is 10.4 Å². The predicted molar refractivity (Wildman–Crippen MR) is 44.1 cm³/mol. The van der Waals surface area contributed by atoms with E-state index >= 15 is 0 Å². The van der Waals surface area contributed by atoms with Gasteiger partial charge in [-0.05, 0) is 18.2 Å². The standard InChI is InChI=1S/C8H6N2O2/c1-10-7-3-5(8(11)12)2-6(9)4-7/h2-4H,9H2,(H,11,12). The largest absolute Gasteiger partial charge is 0.478 e. The summed E-state index contributed by atoms with van der Waals surface area (Å²) in [6.45, 7) is 6.65. The topological polar surface area (TPSA) is 67.7 Å². The van der Waals surface area contributed by atoms with Crippen LogP contribution >= 0.6 is 0 Å². The summed E-state index contributed by atoms with van der Waals surface area (Å²) in [6, 6.07) is 4.03. The van der Waals surface area contributed by atoms with Gasteiger partial charge >= 0.3 is 5.97 Å². The van der Waals surface area contributed by atoms with Gasteiger partial charge in [0.15, 0.2) is 5.69 Å². The van der Waals surface area contributed by atoms with Crippen molar-refractivity contribution in [3.63, 3.8) is 0 Å². The SMILES string of the molecule is [C-]#[N+]c1cc(N)cc(C(=O)O)c1. The van der Waals surface area contributed by atoms with Crippen LogP contribution in [0.25, 0.3) is 4.85 Å². The molecule has 0 fully saturated rings. The fraction of sp³-hybridized carbons (Fsp3) is 0. The number of carbonyl (C=O) groups is 1. The van der Waals surface area contributed by atoms with E-state index in [1.54, 1.807) is 0 Å². The number of anilines is 1. The Hall–Kier alpha value is -2.02. The minimum absolute atomic E-state index is 0.0426. The molecule has 60 valence electrons. The van der Waals surface area contributed by atoms with Crippen molar-refractivity contribution in [3.8, 4) is 0 Å². The second-order valence-electron chi connectivity index (χ2n) is 2.23. The van der Waals surface area contributed by atoms with Crippen LogP contribution in [0.2, 0.25) is 0 Å². The van der Waals surface area contributed by atoms with Gasteiger partial charge in [-0.1, -0.05) is 0 Å². The summed E-state index contributed by atoms with van der Waals surface area (Å²) in [6.07, 6.45) is 0. The van der Waals surface area contributed by atoms with Crippen molar-refractivity contribution in [1.29, 1.82) is 0 Å². The van der Waals surface area contributed by atoms with Crippen LogP contribution in [0.3, 0.4) is 0 Å². The summed E-state index contributed by atoms with van der Waals surface area (Å²) in [5.74, 6) is -1.08. The molecule has 0 saturated carbocycles. The van der Waals surface area contributed by atoms with Crippen molar-refractivity contribution in [2.45, 2.75) is 0 Å². The first-order valence-electron chi connectivity index (χ1n) is 3.15. The summed E-state index contributed by atoms with van der Waals surface area (Å²) in [4.78, 5) is 13.5. The van der Waals surface area contributed by atoms with Crippen LogP contribution < -0.4 is 5.73 Å². The molecular weight excluding hydrogens is 156 g/mol. The van der Waals surface area contributed by atoms with E-state index in [2.05, 4.69) is 4.85 Å². The number of benzene rings is 1. The van der Waals surface area contributed by atoms with Gasteiger partial charge in [-0.2, -0.15) is 0 Å². The summed E-state index contributed by atoms with van der Waals surface area (Å²) in [5, 5.41) is 8.57. The molecule has 4 nitrogen and oxygen atoms in total. The Morgan fingerprint density at radius 1 is 1.50 bits per heavy atom. The Labute approximate surface area is 69.1 Å². The second-order valence-corrected chi connectivity index (χ2v) is 2.23. The zero-order valence-electron chi connectivity index (χ0n) is 6.11. The Balaban J connectivity index is 3.26. The van der Waals surface area contributed by atoms with E-state index in [-0.39, 0.29) is 11.3 Å². The maximum absolute atomic E-state index is 10.5. The van der Waals surface area contributed by atoms with Crippen LogP contribution in [0.15, 0.2) is 18.2 Å². The average Bonchev–Trinajstić information content (AvgIpc) is 2.03. The van der Waals surface area contributed by atoms with Crippen LogP contribution in [0.5, 0.6) is 0 Å². The molecule has 1 aromatic rings. The van der Waals surface area contributed by atoms with Gasteiger partial charge in [0.2, 0.25) is 0 Å². The smallest absolute Gasteiger partial charge is 0.334 e. The molecule has 0 aromatic heterocycles. The molecule has 0 atom stereocenters. The Kier molecular flexibility index (Phi) is 1.97. The molecule has 0 aliphatic heterocycles. The number of nitrogen functional groups attached to an aromatic ring is 1. The summed E-state index contributed by atoms with van der Waals surface area (Å²) in [7, 11) is 0. The van der Waals surface area contributed by atoms with Crippen molar-refractivity contribution >= 4 is 17.3 Å². The number of aromatic carboxylic acids is 1. The van der Waals surface area contributed by atoms with Crippen molar-refractivity contribution in [2.75, 3.05) is 5.73 Å². The quantitative estimate of drug-likeness (QED) is 0.486. The van der Waals surface area contributed by atoms with E-state index in [4.69, 9.17) is 17.4 Å². The first kappa shape index (κ1) is 8.08. The minimum atomic E-state index is -1.08. The lowest BCUT2D eigenvalue weighted by atomic mass is 10.2. The van der Waals surface area contributed by atoms with Crippen LogP contribution in [0.4, 0.5) is 11.4 Å². The minimum Gasteiger partial charge on any atom is -0.478 e. The normalized spacial score (nSPS) is 8.92. The fourth-order valence-corrected chi connectivity index (χ4v) is 0.823. The summed E-state index contributed by atoms with van der Waals surface area (Å²) in [5.41, 5.74) is 5.94. The van der Waals surface area contributed by atoms with Gasteiger partial charge in [0.1, 0.15) is 0 Å². The molecule has 0 spiro atoms. The fourth-order valence-electron chi connectivity index (χ4n) is 0.823. The first-order valence-corrected chi connectivity index (χ1v) is 3.15. The monoisotopic (exact) mass is 162 g/mol. The Morgan fingerprint density at radius 3 is 2.67 bits per heavy atom. The maximum atomic E-state index is 10.5. The lowest BCUT2D eigenvalue weighted by Crippen LogP contribution is -1.97. The number of nitrogens with two attached hydrogens (primary N) is 1. The second kappa shape index (κ2) is 2.93. The number of nitrogens with zero attached hydrogens (tertiary/aromatic N) is 1. The molecule has 12 heavy (non-hydrogen) atoms. The zero-order chi connectivity index (χ0) is 9.14. The molecule has 0 aliphatic carbocycles. The molecule has 0 aliphatic rings. The van der Waals surface area contributed by atoms with Gasteiger partial charge in [-0.3, -0.25) is 0 Å².